The van der Waals surface area contributed by atoms with Crippen LogP contribution in [-0.2, 0) is 11.2 Å². The smallest absolute Gasteiger partial charge is 0.164 e. The summed E-state index contributed by atoms with van der Waals surface area (Å²) in [5.74, 6) is 4.66. The van der Waals surface area contributed by atoms with Gasteiger partial charge in [-0.2, -0.15) is 0 Å². The fourth-order valence-electron chi connectivity index (χ4n) is 3.56. The minimum absolute atomic E-state index is 0.140. The standard InChI is InChI=1S/C22H28O3/c1-8-18-17(19(23)11-12-22(18,4)5)13-15-9-10-16(14(2)3)21(25-7)20(15)24-6/h1,9-10,14H,11-13H2,2-7H3. The summed E-state index contributed by atoms with van der Waals surface area (Å²) in [6.07, 6.45) is 7.56. The van der Waals surface area contributed by atoms with Gasteiger partial charge < -0.3 is 9.47 Å². The summed E-state index contributed by atoms with van der Waals surface area (Å²) in [6.45, 7) is 8.44. The lowest BCUT2D eigenvalue weighted by atomic mass is 9.71. The van der Waals surface area contributed by atoms with Crippen LogP contribution in [0.4, 0.5) is 0 Å². The number of carbonyl (C=O) groups excluding carboxylic acids is 1. The maximum atomic E-state index is 12.6. The van der Waals surface area contributed by atoms with Gasteiger partial charge in [-0.1, -0.05) is 45.7 Å². The first-order chi connectivity index (χ1) is 11.8. The molecule has 1 aromatic carbocycles. The van der Waals surface area contributed by atoms with Gasteiger partial charge in [0.05, 0.1) is 14.2 Å². The van der Waals surface area contributed by atoms with Crippen molar-refractivity contribution in [1.82, 2.24) is 0 Å². The highest BCUT2D eigenvalue weighted by Gasteiger charge is 2.33. The average Bonchev–Trinajstić information content (AvgIpc) is 2.57. The van der Waals surface area contributed by atoms with E-state index < -0.39 is 0 Å². The summed E-state index contributed by atoms with van der Waals surface area (Å²) in [5.41, 5.74) is 3.42. The molecule has 0 radical (unpaired) electrons. The Hall–Kier alpha value is -2.21. The van der Waals surface area contributed by atoms with E-state index in [0.29, 0.717) is 24.5 Å². The van der Waals surface area contributed by atoms with Crippen LogP contribution in [-0.4, -0.2) is 20.0 Å². The normalized spacial score (nSPS) is 16.8. The lowest BCUT2D eigenvalue weighted by molar-refractivity contribution is -0.116. The number of hydrogen-bond donors (Lipinski definition) is 0. The highest BCUT2D eigenvalue weighted by atomic mass is 16.5. The molecule has 25 heavy (non-hydrogen) atoms. The van der Waals surface area contributed by atoms with E-state index in [4.69, 9.17) is 15.9 Å². The van der Waals surface area contributed by atoms with Gasteiger partial charge in [0, 0.05) is 35.1 Å². The van der Waals surface area contributed by atoms with Gasteiger partial charge >= 0.3 is 0 Å². The molecule has 1 aliphatic rings. The molecule has 0 aliphatic heterocycles. The Kier molecular flexibility index (Phi) is 5.62. The van der Waals surface area contributed by atoms with Crippen LogP contribution in [0.15, 0.2) is 23.3 Å². The minimum atomic E-state index is -0.146. The number of ketones is 1. The molecule has 0 bridgehead atoms. The zero-order chi connectivity index (χ0) is 18.8. The molecule has 0 saturated carbocycles. The lowest BCUT2D eigenvalue weighted by Crippen LogP contribution is -2.26. The third-order valence-corrected chi connectivity index (χ3v) is 5.06. The molecule has 0 atom stereocenters. The van der Waals surface area contributed by atoms with E-state index in [1.54, 1.807) is 14.2 Å². The second-order valence-electron chi connectivity index (χ2n) is 7.52. The minimum Gasteiger partial charge on any atom is -0.493 e. The Morgan fingerprint density at radius 3 is 2.36 bits per heavy atom. The third kappa shape index (κ3) is 3.58. The zero-order valence-corrected chi connectivity index (χ0v) is 16.2. The molecule has 3 nitrogen and oxygen atoms in total. The van der Waals surface area contributed by atoms with Crippen molar-refractivity contribution in [2.24, 2.45) is 5.41 Å². The Morgan fingerprint density at radius 2 is 1.84 bits per heavy atom. The number of hydrogen-bond acceptors (Lipinski definition) is 3. The molecular weight excluding hydrogens is 312 g/mol. The predicted octanol–water partition coefficient (Wildman–Crippen LogP) is 4.69. The van der Waals surface area contributed by atoms with Crippen molar-refractivity contribution >= 4 is 5.78 Å². The van der Waals surface area contributed by atoms with Crippen LogP contribution in [0.2, 0.25) is 0 Å². The third-order valence-electron chi connectivity index (χ3n) is 5.06. The quantitative estimate of drug-likeness (QED) is 0.730. The fraction of sp³-hybridized carbons (Fsp3) is 0.500. The number of ether oxygens (including phenoxy) is 2. The maximum Gasteiger partial charge on any atom is 0.164 e. The van der Waals surface area contributed by atoms with Gasteiger partial charge in [0.15, 0.2) is 17.3 Å². The van der Waals surface area contributed by atoms with Gasteiger partial charge in [0.2, 0.25) is 0 Å². The first-order valence-electron chi connectivity index (χ1n) is 8.74. The molecule has 0 N–H and O–H groups in total. The molecule has 1 aliphatic carbocycles. The summed E-state index contributed by atoms with van der Waals surface area (Å²) in [6, 6.07) is 4.07. The Bertz CT molecular complexity index is 745. The zero-order valence-electron chi connectivity index (χ0n) is 16.2. The van der Waals surface area contributed by atoms with Crippen LogP contribution in [0.1, 0.15) is 57.6 Å². The van der Waals surface area contributed by atoms with Crippen molar-refractivity contribution in [3.63, 3.8) is 0 Å². The molecule has 0 amide bonds. The lowest BCUT2D eigenvalue weighted by Gasteiger charge is -2.32. The van der Waals surface area contributed by atoms with Gasteiger partial charge in [-0.05, 0) is 17.8 Å². The number of Topliss-reactive ketones (excluding diaryl/α,β-unsaturated/α-hetero) is 1. The topological polar surface area (TPSA) is 35.5 Å². The molecule has 2 rings (SSSR count). The van der Waals surface area contributed by atoms with Crippen molar-refractivity contribution in [1.29, 1.82) is 0 Å². The molecular formula is C22H28O3. The van der Waals surface area contributed by atoms with E-state index in [9.17, 15) is 4.79 Å². The number of allylic oxidation sites excluding steroid dienone is 2. The van der Waals surface area contributed by atoms with E-state index in [2.05, 4.69) is 39.7 Å². The van der Waals surface area contributed by atoms with E-state index in [-0.39, 0.29) is 11.2 Å². The summed E-state index contributed by atoms with van der Waals surface area (Å²) in [7, 11) is 3.28. The van der Waals surface area contributed by atoms with Crippen molar-refractivity contribution in [2.75, 3.05) is 14.2 Å². The molecule has 134 valence electrons. The summed E-state index contributed by atoms with van der Waals surface area (Å²) in [5, 5.41) is 0. The summed E-state index contributed by atoms with van der Waals surface area (Å²) >= 11 is 0. The van der Waals surface area contributed by atoms with Gasteiger partial charge in [-0.3, -0.25) is 4.79 Å². The van der Waals surface area contributed by atoms with Crippen LogP contribution >= 0.6 is 0 Å². The number of carbonyl (C=O) groups is 1. The van der Waals surface area contributed by atoms with E-state index in [1.165, 1.54) is 0 Å². The molecule has 0 fully saturated rings. The highest BCUT2D eigenvalue weighted by molar-refractivity contribution is 5.98. The second-order valence-corrected chi connectivity index (χ2v) is 7.52. The van der Waals surface area contributed by atoms with Gasteiger partial charge in [0.1, 0.15) is 0 Å². The Labute approximate surface area is 151 Å². The van der Waals surface area contributed by atoms with Crippen molar-refractivity contribution in [3.05, 3.63) is 34.4 Å². The Morgan fingerprint density at radius 1 is 1.20 bits per heavy atom. The second kappa shape index (κ2) is 7.35. The molecule has 0 spiro atoms. The largest absolute Gasteiger partial charge is 0.493 e. The molecule has 0 aromatic heterocycles. The van der Waals surface area contributed by atoms with Crippen LogP contribution in [0.3, 0.4) is 0 Å². The fourth-order valence-corrected chi connectivity index (χ4v) is 3.56. The number of terminal acetylenes is 1. The van der Waals surface area contributed by atoms with Crippen molar-refractivity contribution in [3.8, 4) is 23.8 Å². The monoisotopic (exact) mass is 340 g/mol. The van der Waals surface area contributed by atoms with Crippen LogP contribution in [0.5, 0.6) is 11.5 Å². The van der Waals surface area contributed by atoms with Crippen LogP contribution < -0.4 is 9.47 Å². The van der Waals surface area contributed by atoms with Gasteiger partial charge in [0.25, 0.3) is 0 Å². The number of benzene rings is 1. The molecule has 3 heteroatoms. The van der Waals surface area contributed by atoms with Gasteiger partial charge in [-0.25, -0.2) is 0 Å². The first-order valence-corrected chi connectivity index (χ1v) is 8.74. The number of rotatable bonds is 5. The summed E-state index contributed by atoms with van der Waals surface area (Å²) in [4.78, 5) is 12.6. The van der Waals surface area contributed by atoms with Gasteiger partial charge in [-0.15, -0.1) is 6.42 Å². The molecule has 0 heterocycles. The number of methoxy groups -OCH3 is 2. The van der Waals surface area contributed by atoms with E-state index in [1.807, 2.05) is 6.07 Å². The van der Waals surface area contributed by atoms with Crippen molar-refractivity contribution in [2.45, 2.75) is 52.9 Å². The Balaban J connectivity index is 2.58. The van der Waals surface area contributed by atoms with Crippen LogP contribution in [0, 0.1) is 17.8 Å². The van der Waals surface area contributed by atoms with E-state index in [0.717, 1.165) is 34.4 Å². The first kappa shape index (κ1) is 19.1. The highest BCUT2D eigenvalue weighted by Crippen LogP contribution is 2.43. The molecule has 1 aromatic rings. The van der Waals surface area contributed by atoms with Crippen LogP contribution in [0.25, 0.3) is 0 Å². The average molecular weight is 340 g/mol. The van der Waals surface area contributed by atoms with Crippen molar-refractivity contribution < 1.29 is 14.3 Å². The SMILES string of the molecule is C#CC1=C(Cc2ccc(C(C)C)c(OC)c2OC)C(=O)CCC1(C)C. The maximum absolute atomic E-state index is 12.6. The molecule has 0 unspecified atom stereocenters. The summed E-state index contributed by atoms with van der Waals surface area (Å²) < 4.78 is 11.3. The molecule has 0 saturated heterocycles. The predicted molar refractivity (Wildman–Crippen MR) is 101 cm³/mol. The van der Waals surface area contributed by atoms with E-state index >= 15 is 0 Å².